The van der Waals surface area contributed by atoms with Crippen molar-refractivity contribution in [1.29, 1.82) is 0 Å². The summed E-state index contributed by atoms with van der Waals surface area (Å²) >= 11 is 0. The third kappa shape index (κ3) is 3.37. The number of rotatable bonds is 2. The number of hydrogen-bond acceptors (Lipinski definition) is 2. The second kappa shape index (κ2) is 9.49. The summed E-state index contributed by atoms with van der Waals surface area (Å²) in [4.78, 5) is 9.40. The van der Waals surface area contributed by atoms with Crippen LogP contribution in [0, 0.1) is 0 Å². The number of hydrogen-bond donors (Lipinski definition) is 0. The van der Waals surface area contributed by atoms with Crippen LogP contribution in [0.2, 0.25) is 0 Å². The van der Waals surface area contributed by atoms with Gasteiger partial charge in [-0.05, 0) is 134 Å². The first-order valence-corrected chi connectivity index (χ1v) is 17.2. The molecule has 2 heteroatoms. The molecule has 12 rings (SSSR count). The lowest BCUT2D eigenvalue weighted by molar-refractivity contribution is 1.36. The average Bonchev–Trinajstić information content (AvgIpc) is 3.68. The van der Waals surface area contributed by atoms with Gasteiger partial charge in [0, 0.05) is 46.7 Å². The van der Waals surface area contributed by atoms with Crippen molar-refractivity contribution in [3.63, 3.8) is 0 Å². The summed E-state index contributed by atoms with van der Waals surface area (Å²) in [5, 5.41) is 23.0. The topological polar surface area (TPSA) is 25.8 Å². The third-order valence-corrected chi connectivity index (χ3v) is 11.2. The second-order valence-corrected chi connectivity index (χ2v) is 13.7. The molecular weight excluding hydrogens is 605 g/mol. The maximum atomic E-state index is 4.70. The van der Waals surface area contributed by atoms with Gasteiger partial charge in [-0.1, -0.05) is 97.1 Å². The minimum Gasteiger partial charge on any atom is -0.263 e. The highest BCUT2D eigenvalue weighted by Gasteiger charge is 2.22. The van der Waals surface area contributed by atoms with Crippen LogP contribution in [0.4, 0.5) is 0 Å². The van der Waals surface area contributed by atoms with Crippen molar-refractivity contribution in [2.75, 3.05) is 0 Å². The van der Waals surface area contributed by atoms with E-state index in [0.717, 1.165) is 21.9 Å². The summed E-state index contributed by atoms with van der Waals surface area (Å²) in [6, 6.07) is 49.6. The van der Waals surface area contributed by atoms with Gasteiger partial charge >= 0.3 is 0 Å². The molecule has 0 fully saturated rings. The molecule has 0 radical (unpaired) electrons. The van der Waals surface area contributed by atoms with Gasteiger partial charge in [0.2, 0.25) is 0 Å². The van der Waals surface area contributed by atoms with Gasteiger partial charge < -0.3 is 0 Å². The summed E-state index contributed by atoms with van der Waals surface area (Å²) in [7, 11) is 0. The van der Waals surface area contributed by atoms with E-state index in [9.17, 15) is 0 Å². The molecule has 12 aromatic rings. The molecule has 0 bridgehead atoms. The lowest BCUT2D eigenvalue weighted by atomic mass is 9.89. The third-order valence-electron chi connectivity index (χ3n) is 11.2. The van der Waals surface area contributed by atoms with E-state index in [1.54, 1.807) is 0 Å². The molecule has 228 valence electrons. The number of pyridine rings is 2. The van der Waals surface area contributed by atoms with Gasteiger partial charge in [0.25, 0.3) is 0 Å². The van der Waals surface area contributed by atoms with Crippen LogP contribution in [0.25, 0.3) is 119 Å². The van der Waals surface area contributed by atoms with Crippen LogP contribution in [0.15, 0.2) is 158 Å². The summed E-state index contributed by atoms with van der Waals surface area (Å²) in [5.74, 6) is 0. The van der Waals surface area contributed by atoms with Crippen LogP contribution in [-0.4, -0.2) is 9.97 Å². The largest absolute Gasteiger partial charge is 0.263 e. The Kier molecular flexibility index (Phi) is 5.00. The fourth-order valence-corrected chi connectivity index (χ4v) is 9.08. The maximum absolute atomic E-state index is 4.70. The van der Waals surface area contributed by atoms with Gasteiger partial charge in [-0.15, -0.1) is 0 Å². The molecule has 0 atom stereocenters. The molecule has 0 aliphatic heterocycles. The highest BCUT2D eigenvalue weighted by Crippen LogP contribution is 2.50. The molecule has 2 nitrogen and oxygen atoms in total. The predicted molar refractivity (Wildman–Crippen MR) is 213 cm³/mol. The van der Waals surface area contributed by atoms with Crippen molar-refractivity contribution in [2.45, 2.75) is 0 Å². The number of nitrogens with zero attached hydrogens (tertiary/aromatic N) is 2. The van der Waals surface area contributed by atoms with E-state index in [4.69, 9.17) is 9.97 Å². The van der Waals surface area contributed by atoms with Crippen molar-refractivity contribution >= 4 is 97.0 Å². The predicted octanol–water partition coefficient (Wildman–Crippen LogP) is 13.1. The molecule has 0 saturated carbocycles. The summed E-state index contributed by atoms with van der Waals surface area (Å²) in [5.41, 5.74) is 4.71. The Balaban J connectivity index is 1.31. The van der Waals surface area contributed by atoms with Gasteiger partial charge in [0.1, 0.15) is 0 Å². The monoisotopic (exact) mass is 630 g/mol. The highest BCUT2D eigenvalue weighted by molar-refractivity contribution is 6.41. The smallest absolute Gasteiger partial charge is 0.0352 e. The second-order valence-electron chi connectivity index (χ2n) is 13.7. The molecule has 0 unspecified atom stereocenters. The molecule has 0 N–H and O–H groups in total. The first kappa shape index (κ1) is 26.3. The zero-order chi connectivity index (χ0) is 32.5. The zero-order valence-electron chi connectivity index (χ0n) is 26.9. The molecule has 0 amide bonds. The van der Waals surface area contributed by atoms with E-state index < -0.39 is 0 Å². The van der Waals surface area contributed by atoms with E-state index in [2.05, 4.69) is 133 Å². The lowest BCUT2D eigenvalue weighted by Gasteiger charge is -2.14. The maximum Gasteiger partial charge on any atom is 0.0352 e. The van der Waals surface area contributed by atoms with Crippen molar-refractivity contribution in [2.24, 2.45) is 0 Å². The fraction of sp³-hybridized carbons (Fsp3) is 0. The van der Waals surface area contributed by atoms with Crippen molar-refractivity contribution in [3.8, 4) is 22.3 Å². The Labute approximate surface area is 286 Å². The van der Waals surface area contributed by atoms with Crippen molar-refractivity contribution in [3.05, 3.63) is 158 Å². The quantitative estimate of drug-likeness (QED) is 0.178. The zero-order valence-corrected chi connectivity index (χ0v) is 26.9. The van der Waals surface area contributed by atoms with Gasteiger partial charge in [-0.2, -0.15) is 0 Å². The van der Waals surface area contributed by atoms with E-state index in [1.807, 2.05) is 24.8 Å². The Bertz CT molecular complexity index is 3140. The van der Waals surface area contributed by atoms with E-state index >= 15 is 0 Å². The van der Waals surface area contributed by atoms with Crippen molar-refractivity contribution in [1.82, 2.24) is 9.97 Å². The molecule has 50 heavy (non-hydrogen) atoms. The average molecular weight is 631 g/mol. The SMILES string of the molecule is c1ccc2c(-c3cc4c5ccccc5c5cc6c(cc7c8ccccc8c8cc(-c9cncc%10ccccc9%10)cc6c87)c(c3)c45)cncc2c1. The van der Waals surface area contributed by atoms with E-state index in [1.165, 1.54) is 97.3 Å². The number of fused-ring (bicyclic) bond motifs is 11. The molecule has 0 saturated heterocycles. The summed E-state index contributed by atoms with van der Waals surface area (Å²) < 4.78 is 0. The van der Waals surface area contributed by atoms with Gasteiger partial charge in [-0.3, -0.25) is 9.97 Å². The van der Waals surface area contributed by atoms with E-state index in [0.29, 0.717) is 0 Å². The molecule has 0 spiro atoms. The van der Waals surface area contributed by atoms with Crippen LogP contribution >= 0.6 is 0 Å². The molecule has 2 aromatic heterocycles. The van der Waals surface area contributed by atoms with Crippen molar-refractivity contribution < 1.29 is 0 Å². The fourth-order valence-electron chi connectivity index (χ4n) is 9.08. The molecule has 0 aliphatic rings. The lowest BCUT2D eigenvalue weighted by Crippen LogP contribution is -1.88. The van der Waals surface area contributed by atoms with E-state index in [-0.39, 0.29) is 0 Å². The van der Waals surface area contributed by atoms with Crippen LogP contribution in [-0.2, 0) is 0 Å². The first-order valence-electron chi connectivity index (χ1n) is 17.2. The molecular formula is C48H26N2. The normalized spacial score (nSPS) is 12.4. The molecule has 10 aromatic carbocycles. The first-order chi connectivity index (χ1) is 24.8. The summed E-state index contributed by atoms with van der Waals surface area (Å²) in [6.07, 6.45) is 8.00. The number of aromatic nitrogens is 2. The molecule has 0 aliphatic carbocycles. The summed E-state index contributed by atoms with van der Waals surface area (Å²) in [6.45, 7) is 0. The Morgan fingerprint density at radius 3 is 0.980 bits per heavy atom. The van der Waals surface area contributed by atoms with Crippen LogP contribution < -0.4 is 0 Å². The minimum atomic E-state index is 1.15. The Morgan fingerprint density at radius 2 is 0.580 bits per heavy atom. The van der Waals surface area contributed by atoms with Crippen LogP contribution in [0.1, 0.15) is 0 Å². The van der Waals surface area contributed by atoms with Gasteiger partial charge in [0.05, 0.1) is 0 Å². The number of benzene rings is 8. The minimum absolute atomic E-state index is 1.15. The van der Waals surface area contributed by atoms with Gasteiger partial charge in [-0.25, -0.2) is 0 Å². The van der Waals surface area contributed by atoms with Crippen LogP contribution in [0.5, 0.6) is 0 Å². The van der Waals surface area contributed by atoms with Gasteiger partial charge in [0.15, 0.2) is 0 Å². The van der Waals surface area contributed by atoms with Crippen LogP contribution in [0.3, 0.4) is 0 Å². The standard InChI is InChI=1S/C48H26N2/c1-3-11-31-27(9-1)23-49-25-45(31)29-17-39-33-13-5-7-15-35(33)43-22-38-37(41(19-29)47(39)43)21-44-36-16-8-6-14-34(36)40-18-30(20-42(38)48(40)44)46-26-50-24-28-10-2-4-12-32(28)46/h1-26H. The highest BCUT2D eigenvalue weighted by atomic mass is 14.6. The Morgan fingerprint density at radius 1 is 0.260 bits per heavy atom. The Hall–Kier alpha value is -6.64. The molecule has 2 heterocycles.